The highest BCUT2D eigenvalue weighted by atomic mass is 32.1. The number of carbonyl (C=O) groups excluding carboxylic acids is 1. The molecule has 0 aliphatic heterocycles. The number of rotatable bonds is 3. The lowest BCUT2D eigenvalue weighted by atomic mass is 10.1. The Kier molecular flexibility index (Phi) is 3.06. The summed E-state index contributed by atoms with van der Waals surface area (Å²) >= 11 is 1.61. The van der Waals surface area contributed by atoms with Crippen LogP contribution in [0.1, 0.15) is 17.3 Å². The van der Waals surface area contributed by atoms with Gasteiger partial charge in [-0.3, -0.25) is 4.79 Å². The van der Waals surface area contributed by atoms with Gasteiger partial charge in [0.05, 0.1) is 10.6 Å². The van der Waals surface area contributed by atoms with Crippen molar-refractivity contribution in [1.29, 1.82) is 0 Å². The first-order chi connectivity index (χ1) is 7.72. The first-order valence-electron chi connectivity index (χ1n) is 5.10. The van der Waals surface area contributed by atoms with E-state index >= 15 is 0 Å². The van der Waals surface area contributed by atoms with E-state index in [-0.39, 0.29) is 5.78 Å². The fourth-order valence-corrected chi connectivity index (χ4v) is 2.65. The summed E-state index contributed by atoms with van der Waals surface area (Å²) in [7, 11) is 1.84. The molecule has 1 heterocycles. The van der Waals surface area contributed by atoms with Crippen molar-refractivity contribution in [2.75, 3.05) is 12.4 Å². The molecule has 82 valence electrons. The van der Waals surface area contributed by atoms with E-state index in [1.807, 2.05) is 31.3 Å². The molecular formula is C13H13NOS. The van der Waals surface area contributed by atoms with E-state index in [1.165, 1.54) is 0 Å². The first kappa shape index (κ1) is 10.9. The van der Waals surface area contributed by atoms with E-state index in [4.69, 9.17) is 0 Å². The van der Waals surface area contributed by atoms with Crippen LogP contribution in [0.15, 0.2) is 36.4 Å². The van der Waals surface area contributed by atoms with Crippen molar-refractivity contribution in [3.63, 3.8) is 0 Å². The Morgan fingerprint density at radius 1 is 1.25 bits per heavy atom. The molecule has 2 aromatic rings. The summed E-state index contributed by atoms with van der Waals surface area (Å²) in [6.45, 7) is 1.59. The third-order valence-corrected chi connectivity index (χ3v) is 3.60. The molecule has 0 aliphatic rings. The molecule has 0 atom stereocenters. The Balaban J connectivity index is 2.48. The number of benzene rings is 1. The molecule has 2 nitrogen and oxygen atoms in total. The van der Waals surface area contributed by atoms with Crippen molar-refractivity contribution < 1.29 is 4.79 Å². The standard InChI is InChI=1S/C13H13NOS/c1-9(15)11-8-12(16-13(11)14-2)10-6-4-3-5-7-10/h3-8,14H,1-2H3. The second-order valence-corrected chi connectivity index (χ2v) is 4.58. The van der Waals surface area contributed by atoms with Crippen LogP contribution in [-0.4, -0.2) is 12.8 Å². The largest absolute Gasteiger partial charge is 0.379 e. The Bertz CT molecular complexity index is 502. The van der Waals surface area contributed by atoms with Crippen LogP contribution in [0, 0.1) is 0 Å². The maximum atomic E-state index is 11.4. The number of Topliss-reactive ketones (excluding diaryl/α,β-unsaturated/α-hetero) is 1. The molecule has 0 unspecified atom stereocenters. The zero-order valence-electron chi connectivity index (χ0n) is 9.28. The van der Waals surface area contributed by atoms with Crippen LogP contribution >= 0.6 is 11.3 Å². The van der Waals surface area contributed by atoms with Gasteiger partial charge < -0.3 is 5.32 Å². The summed E-state index contributed by atoms with van der Waals surface area (Å²) in [6, 6.07) is 12.0. The lowest BCUT2D eigenvalue weighted by Crippen LogP contribution is -1.94. The zero-order chi connectivity index (χ0) is 11.5. The van der Waals surface area contributed by atoms with Crippen molar-refractivity contribution in [1.82, 2.24) is 0 Å². The SMILES string of the molecule is CNc1sc(-c2ccccc2)cc1C(C)=O. The van der Waals surface area contributed by atoms with Crippen LogP contribution in [0.25, 0.3) is 10.4 Å². The quantitative estimate of drug-likeness (QED) is 0.817. The van der Waals surface area contributed by atoms with E-state index in [2.05, 4.69) is 17.4 Å². The van der Waals surface area contributed by atoms with Gasteiger partial charge in [-0.1, -0.05) is 30.3 Å². The second-order valence-electron chi connectivity index (χ2n) is 3.53. The molecule has 0 spiro atoms. The summed E-state index contributed by atoms with van der Waals surface area (Å²) in [5.41, 5.74) is 1.92. The van der Waals surface area contributed by atoms with E-state index in [0.29, 0.717) is 0 Å². The molecule has 0 aliphatic carbocycles. The van der Waals surface area contributed by atoms with Crippen molar-refractivity contribution >= 4 is 22.1 Å². The van der Waals surface area contributed by atoms with Crippen LogP contribution < -0.4 is 5.32 Å². The van der Waals surface area contributed by atoms with E-state index < -0.39 is 0 Å². The number of hydrogen-bond donors (Lipinski definition) is 1. The molecule has 0 saturated carbocycles. The highest BCUT2D eigenvalue weighted by Gasteiger charge is 2.12. The van der Waals surface area contributed by atoms with Gasteiger partial charge >= 0.3 is 0 Å². The van der Waals surface area contributed by atoms with Crippen LogP contribution in [-0.2, 0) is 0 Å². The number of ketones is 1. The summed E-state index contributed by atoms with van der Waals surface area (Å²) in [4.78, 5) is 12.6. The fourth-order valence-electron chi connectivity index (χ4n) is 1.58. The Hall–Kier alpha value is -1.61. The molecule has 16 heavy (non-hydrogen) atoms. The minimum Gasteiger partial charge on any atom is -0.379 e. The van der Waals surface area contributed by atoms with Gasteiger partial charge in [0.25, 0.3) is 0 Å². The number of thiophene rings is 1. The minimum absolute atomic E-state index is 0.0998. The molecular weight excluding hydrogens is 218 g/mol. The average molecular weight is 231 g/mol. The predicted molar refractivity (Wildman–Crippen MR) is 69.3 cm³/mol. The molecule has 3 heteroatoms. The van der Waals surface area contributed by atoms with E-state index in [9.17, 15) is 4.79 Å². The van der Waals surface area contributed by atoms with E-state index in [0.717, 1.165) is 21.0 Å². The summed E-state index contributed by atoms with van der Waals surface area (Å²) < 4.78 is 0. The summed E-state index contributed by atoms with van der Waals surface area (Å²) in [5, 5.41) is 4.00. The monoisotopic (exact) mass is 231 g/mol. The van der Waals surface area contributed by atoms with Gasteiger partial charge in [0, 0.05) is 11.9 Å². The van der Waals surface area contributed by atoms with Gasteiger partial charge in [-0.15, -0.1) is 11.3 Å². The van der Waals surface area contributed by atoms with Gasteiger partial charge in [-0.2, -0.15) is 0 Å². The van der Waals surface area contributed by atoms with Crippen molar-refractivity contribution in [3.05, 3.63) is 42.0 Å². The lowest BCUT2D eigenvalue weighted by molar-refractivity contribution is 0.101. The van der Waals surface area contributed by atoms with Gasteiger partial charge in [-0.25, -0.2) is 0 Å². The highest BCUT2D eigenvalue weighted by Crippen LogP contribution is 2.35. The molecule has 0 saturated heterocycles. The van der Waals surface area contributed by atoms with Gasteiger partial charge in [0.15, 0.2) is 5.78 Å². The molecule has 0 fully saturated rings. The first-order valence-corrected chi connectivity index (χ1v) is 5.92. The molecule has 2 rings (SSSR count). The Morgan fingerprint density at radius 2 is 1.94 bits per heavy atom. The maximum Gasteiger partial charge on any atom is 0.162 e. The molecule has 1 aromatic heterocycles. The van der Waals surface area contributed by atoms with Crippen LogP contribution in [0.4, 0.5) is 5.00 Å². The fraction of sp³-hybridized carbons (Fsp3) is 0.154. The summed E-state index contributed by atoms with van der Waals surface area (Å²) in [6.07, 6.45) is 0. The number of carbonyl (C=O) groups is 1. The smallest absolute Gasteiger partial charge is 0.162 e. The highest BCUT2D eigenvalue weighted by molar-refractivity contribution is 7.19. The summed E-state index contributed by atoms with van der Waals surface area (Å²) in [5.74, 6) is 0.0998. The molecule has 1 N–H and O–H groups in total. The number of hydrogen-bond acceptors (Lipinski definition) is 3. The van der Waals surface area contributed by atoms with Crippen LogP contribution in [0.5, 0.6) is 0 Å². The van der Waals surface area contributed by atoms with Gasteiger partial charge in [0.1, 0.15) is 0 Å². The topological polar surface area (TPSA) is 29.1 Å². The third-order valence-electron chi connectivity index (χ3n) is 2.40. The third kappa shape index (κ3) is 1.99. The minimum atomic E-state index is 0.0998. The van der Waals surface area contributed by atoms with Gasteiger partial charge in [0.2, 0.25) is 0 Å². The van der Waals surface area contributed by atoms with Crippen LogP contribution in [0.2, 0.25) is 0 Å². The second kappa shape index (κ2) is 4.49. The maximum absolute atomic E-state index is 11.4. The zero-order valence-corrected chi connectivity index (χ0v) is 10.1. The molecule has 0 amide bonds. The Labute approximate surface area is 98.9 Å². The lowest BCUT2D eigenvalue weighted by Gasteiger charge is -1.96. The number of nitrogens with one attached hydrogen (secondary N) is 1. The van der Waals surface area contributed by atoms with Crippen molar-refractivity contribution in [3.8, 4) is 10.4 Å². The normalized spacial score (nSPS) is 10.1. The van der Waals surface area contributed by atoms with Crippen molar-refractivity contribution in [2.45, 2.75) is 6.92 Å². The number of anilines is 1. The molecule has 0 radical (unpaired) electrons. The average Bonchev–Trinajstić information content (AvgIpc) is 2.74. The predicted octanol–water partition coefficient (Wildman–Crippen LogP) is 3.66. The Morgan fingerprint density at radius 3 is 2.44 bits per heavy atom. The van der Waals surface area contributed by atoms with Gasteiger partial charge in [-0.05, 0) is 18.6 Å². The van der Waals surface area contributed by atoms with E-state index in [1.54, 1.807) is 18.3 Å². The van der Waals surface area contributed by atoms with Crippen molar-refractivity contribution in [2.24, 2.45) is 0 Å². The molecule has 1 aromatic carbocycles. The molecule has 0 bridgehead atoms. The van der Waals surface area contributed by atoms with Crippen LogP contribution in [0.3, 0.4) is 0 Å².